The molecule has 0 aromatic rings. The van der Waals surface area contributed by atoms with Gasteiger partial charge in [-0.25, -0.2) is 0 Å². The molecule has 0 saturated heterocycles. The molecule has 0 rings (SSSR count). The highest BCUT2D eigenvalue weighted by molar-refractivity contribution is 5.83. The number of hydrogen-bond acceptors (Lipinski definition) is 2. The number of carboxylic acid groups (broad SMARTS) is 1. The molecule has 1 amide bonds. The van der Waals surface area contributed by atoms with E-state index in [0.29, 0.717) is 6.42 Å². The van der Waals surface area contributed by atoms with E-state index >= 15 is 0 Å². The molecular formula is C26H51NO3. The summed E-state index contributed by atoms with van der Waals surface area (Å²) >= 11 is 0. The van der Waals surface area contributed by atoms with Crippen LogP contribution < -0.4 is 5.32 Å². The van der Waals surface area contributed by atoms with E-state index in [0.717, 1.165) is 12.8 Å². The summed E-state index contributed by atoms with van der Waals surface area (Å²) in [7, 11) is 0. The Morgan fingerprint density at radius 3 is 1.20 bits per heavy atom. The third-order valence-electron chi connectivity index (χ3n) is 6.01. The van der Waals surface area contributed by atoms with Crippen LogP contribution in [0.2, 0.25) is 0 Å². The lowest BCUT2D eigenvalue weighted by Crippen LogP contribution is -2.38. The Balaban J connectivity index is 3.14. The maximum absolute atomic E-state index is 11.6. The Labute approximate surface area is 187 Å². The van der Waals surface area contributed by atoms with Crippen LogP contribution in [0.25, 0.3) is 0 Å². The number of rotatable bonds is 23. The number of nitrogens with one attached hydrogen (secondary N) is 1. The van der Waals surface area contributed by atoms with Crippen molar-refractivity contribution in [3.05, 3.63) is 0 Å². The number of carbonyl (C=O) groups is 2. The molecule has 0 bridgehead atoms. The van der Waals surface area contributed by atoms with Crippen LogP contribution in [0.3, 0.4) is 0 Å². The lowest BCUT2D eigenvalue weighted by Gasteiger charge is -2.08. The summed E-state index contributed by atoms with van der Waals surface area (Å²) in [5.74, 6) is -1.13. The van der Waals surface area contributed by atoms with Gasteiger partial charge in [0.15, 0.2) is 0 Å². The molecule has 178 valence electrons. The summed E-state index contributed by atoms with van der Waals surface area (Å²) < 4.78 is 0. The first-order valence-electron chi connectivity index (χ1n) is 13.1. The zero-order valence-corrected chi connectivity index (χ0v) is 20.2. The lowest BCUT2D eigenvalue weighted by atomic mass is 10.0. The molecule has 0 fully saturated rings. The smallest absolute Gasteiger partial charge is 0.325 e. The number of carbonyl (C=O) groups excluding carboxylic acids is 1. The third kappa shape index (κ3) is 21.6. The summed E-state index contributed by atoms with van der Waals surface area (Å²) in [5, 5.41) is 11.3. The van der Waals surface area contributed by atoms with Gasteiger partial charge in [0.1, 0.15) is 6.04 Å². The topological polar surface area (TPSA) is 66.4 Å². The van der Waals surface area contributed by atoms with Gasteiger partial charge in [-0.2, -0.15) is 0 Å². The first kappa shape index (κ1) is 28.9. The van der Waals surface area contributed by atoms with Gasteiger partial charge in [0.25, 0.3) is 0 Å². The monoisotopic (exact) mass is 425 g/mol. The normalized spacial score (nSPS) is 12.1. The van der Waals surface area contributed by atoms with Gasteiger partial charge in [0.05, 0.1) is 0 Å². The second-order valence-electron chi connectivity index (χ2n) is 9.09. The molecule has 0 aliphatic heterocycles. The van der Waals surface area contributed by atoms with Crippen LogP contribution in [0.4, 0.5) is 0 Å². The van der Waals surface area contributed by atoms with Gasteiger partial charge in [-0.15, -0.1) is 0 Å². The fourth-order valence-electron chi connectivity index (χ4n) is 3.92. The van der Waals surface area contributed by atoms with E-state index in [4.69, 9.17) is 5.11 Å². The Bertz CT molecular complexity index is 398. The molecule has 4 nitrogen and oxygen atoms in total. The predicted molar refractivity (Wildman–Crippen MR) is 128 cm³/mol. The van der Waals surface area contributed by atoms with Gasteiger partial charge in [-0.05, 0) is 13.3 Å². The molecule has 0 aliphatic carbocycles. The number of hydrogen-bond donors (Lipinski definition) is 2. The van der Waals surface area contributed by atoms with Crippen LogP contribution in [-0.2, 0) is 9.59 Å². The molecular weight excluding hydrogens is 374 g/mol. The molecule has 0 saturated carbocycles. The number of carboxylic acids is 1. The van der Waals surface area contributed by atoms with Crippen LogP contribution in [-0.4, -0.2) is 23.0 Å². The van der Waals surface area contributed by atoms with Crippen LogP contribution in [0.15, 0.2) is 0 Å². The van der Waals surface area contributed by atoms with Gasteiger partial charge < -0.3 is 10.4 Å². The molecule has 0 spiro atoms. The van der Waals surface area contributed by atoms with Gasteiger partial charge in [0.2, 0.25) is 5.91 Å². The maximum Gasteiger partial charge on any atom is 0.325 e. The molecule has 4 heteroatoms. The van der Waals surface area contributed by atoms with Crippen molar-refractivity contribution in [2.75, 3.05) is 0 Å². The summed E-state index contributed by atoms with van der Waals surface area (Å²) in [6.07, 6.45) is 27.3. The standard InChI is InChI=1S/C26H51NO3/c1-3-4-5-6-7-8-9-10-11-12-13-14-15-16-17-18-19-20-21-22-23-25(28)27-24(2)26(29)30/h24H,3-23H2,1-2H3,(H,27,28)(H,29,30)/t24-/m0/s1. The Morgan fingerprint density at radius 2 is 0.900 bits per heavy atom. The van der Waals surface area contributed by atoms with E-state index in [1.807, 2.05) is 0 Å². The number of aliphatic carboxylic acids is 1. The Hall–Kier alpha value is -1.06. The van der Waals surface area contributed by atoms with Gasteiger partial charge in [0, 0.05) is 6.42 Å². The van der Waals surface area contributed by atoms with Crippen molar-refractivity contribution < 1.29 is 14.7 Å². The first-order chi connectivity index (χ1) is 14.6. The second-order valence-corrected chi connectivity index (χ2v) is 9.09. The van der Waals surface area contributed by atoms with Crippen molar-refractivity contribution in [1.82, 2.24) is 5.32 Å². The minimum Gasteiger partial charge on any atom is -0.480 e. The van der Waals surface area contributed by atoms with E-state index in [-0.39, 0.29) is 5.91 Å². The Morgan fingerprint density at radius 1 is 0.600 bits per heavy atom. The highest BCUT2D eigenvalue weighted by Crippen LogP contribution is 2.15. The van der Waals surface area contributed by atoms with Gasteiger partial charge in [-0.3, -0.25) is 9.59 Å². The van der Waals surface area contributed by atoms with Crippen molar-refractivity contribution in [2.24, 2.45) is 0 Å². The van der Waals surface area contributed by atoms with Crippen molar-refractivity contribution in [3.8, 4) is 0 Å². The van der Waals surface area contributed by atoms with Crippen molar-refractivity contribution >= 4 is 11.9 Å². The molecule has 0 aromatic heterocycles. The van der Waals surface area contributed by atoms with E-state index in [1.54, 1.807) is 0 Å². The van der Waals surface area contributed by atoms with Gasteiger partial charge in [-0.1, -0.05) is 129 Å². The quantitative estimate of drug-likeness (QED) is 0.164. The predicted octanol–water partition coefficient (Wildman–Crippen LogP) is 7.79. The van der Waals surface area contributed by atoms with Crippen LogP contribution in [0.5, 0.6) is 0 Å². The number of unbranched alkanes of at least 4 members (excludes halogenated alkanes) is 19. The Kier molecular flexibility index (Phi) is 21.8. The molecule has 0 aromatic carbocycles. The highest BCUT2D eigenvalue weighted by atomic mass is 16.4. The first-order valence-corrected chi connectivity index (χ1v) is 13.1. The van der Waals surface area contributed by atoms with Crippen LogP contribution >= 0.6 is 0 Å². The summed E-state index contributed by atoms with van der Waals surface area (Å²) in [6, 6.07) is -0.789. The van der Waals surface area contributed by atoms with E-state index < -0.39 is 12.0 Å². The summed E-state index contributed by atoms with van der Waals surface area (Å²) in [4.78, 5) is 22.3. The van der Waals surface area contributed by atoms with Gasteiger partial charge >= 0.3 is 5.97 Å². The summed E-state index contributed by atoms with van der Waals surface area (Å²) in [6.45, 7) is 3.78. The fraction of sp³-hybridized carbons (Fsp3) is 0.923. The molecule has 0 heterocycles. The lowest BCUT2D eigenvalue weighted by molar-refractivity contribution is -0.141. The van der Waals surface area contributed by atoms with E-state index in [1.165, 1.54) is 122 Å². The zero-order chi connectivity index (χ0) is 22.3. The minimum atomic E-state index is -0.980. The van der Waals surface area contributed by atoms with Crippen molar-refractivity contribution in [2.45, 2.75) is 155 Å². The SMILES string of the molecule is CCCCCCCCCCCCCCCCCCCCCCC(=O)N[C@@H](C)C(=O)O. The average molecular weight is 426 g/mol. The maximum atomic E-state index is 11.6. The average Bonchev–Trinajstić information content (AvgIpc) is 2.72. The fourth-order valence-corrected chi connectivity index (χ4v) is 3.92. The van der Waals surface area contributed by atoms with Crippen molar-refractivity contribution in [3.63, 3.8) is 0 Å². The molecule has 2 N–H and O–H groups in total. The second kappa shape index (κ2) is 22.6. The minimum absolute atomic E-state index is 0.146. The van der Waals surface area contributed by atoms with Crippen LogP contribution in [0, 0.1) is 0 Å². The number of amides is 1. The summed E-state index contributed by atoms with van der Waals surface area (Å²) in [5.41, 5.74) is 0. The molecule has 0 aliphatic rings. The third-order valence-corrected chi connectivity index (χ3v) is 6.01. The van der Waals surface area contributed by atoms with Crippen LogP contribution in [0.1, 0.15) is 149 Å². The highest BCUT2D eigenvalue weighted by Gasteiger charge is 2.12. The molecule has 0 unspecified atom stereocenters. The van der Waals surface area contributed by atoms with E-state index in [9.17, 15) is 9.59 Å². The zero-order valence-electron chi connectivity index (χ0n) is 20.2. The molecule has 1 atom stereocenters. The molecule has 30 heavy (non-hydrogen) atoms. The van der Waals surface area contributed by atoms with E-state index in [2.05, 4.69) is 12.2 Å². The molecule has 0 radical (unpaired) electrons. The largest absolute Gasteiger partial charge is 0.480 e. The van der Waals surface area contributed by atoms with Crippen molar-refractivity contribution in [1.29, 1.82) is 0 Å².